The lowest BCUT2D eigenvalue weighted by Crippen LogP contribution is -2.38. The molecule has 3 aliphatic rings. The van der Waals surface area contributed by atoms with E-state index in [1.54, 1.807) is 0 Å². The zero-order valence-corrected chi connectivity index (χ0v) is 11.0. The Hall–Kier alpha value is -0.0800. The smallest absolute Gasteiger partial charge is 0.0436 e. The fourth-order valence-corrected chi connectivity index (χ4v) is 3.70. The first-order valence-electron chi connectivity index (χ1n) is 7.66. The third kappa shape index (κ3) is 3.03. The summed E-state index contributed by atoms with van der Waals surface area (Å²) in [5.74, 6) is 2.13. The number of hydrogen-bond acceptors (Lipinski definition) is 2. The van der Waals surface area contributed by atoms with Crippen molar-refractivity contribution in [3.05, 3.63) is 0 Å². The van der Waals surface area contributed by atoms with E-state index < -0.39 is 0 Å². The lowest BCUT2D eigenvalue weighted by atomic mass is 9.82. The highest BCUT2D eigenvalue weighted by Crippen LogP contribution is 2.48. The van der Waals surface area contributed by atoms with E-state index in [0.29, 0.717) is 12.0 Å². The summed E-state index contributed by atoms with van der Waals surface area (Å²) >= 11 is 0. The molecule has 3 rings (SSSR count). The summed E-state index contributed by atoms with van der Waals surface area (Å²) in [6.07, 6.45) is 12.4. The van der Waals surface area contributed by atoms with Gasteiger partial charge in [0.15, 0.2) is 0 Å². The van der Waals surface area contributed by atoms with E-state index in [4.69, 9.17) is 5.11 Å². The Labute approximate surface area is 105 Å². The Morgan fingerprint density at radius 2 is 1.88 bits per heavy atom. The number of nitrogens with one attached hydrogen (secondary N) is 1. The van der Waals surface area contributed by atoms with Crippen molar-refractivity contribution >= 4 is 0 Å². The van der Waals surface area contributed by atoms with Gasteiger partial charge < -0.3 is 10.4 Å². The third-order valence-electron chi connectivity index (χ3n) is 5.37. The fraction of sp³-hybridized carbons (Fsp3) is 1.00. The average molecular weight is 237 g/mol. The first kappa shape index (κ1) is 12.0. The Balaban J connectivity index is 1.42. The minimum Gasteiger partial charge on any atom is -0.396 e. The SMILES string of the molecule is OCCC1(CNC2CCCC(C3CC3)C2)CC1. The minimum absolute atomic E-state index is 0.372. The van der Waals surface area contributed by atoms with E-state index in [9.17, 15) is 0 Å². The predicted molar refractivity (Wildman–Crippen MR) is 69.8 cm³/mol. The summed E-state index contributed by atoms with van der Waals surface area (Å²) in [6.45, 7) is 1.53. The second-order valence-corrected chi connectivity index (χ2v) is 6.82. The van der Waals surface area contributed by atoms with E-state index in [1.807, 2.05) is 0 Å². The molecule has 0 aromatic heterocycles. The van der Waals surface area contributed by atoms with Crippen LogP contribution in [0.15, 0.2) is 0 Å². The van der Waals surface area contributed by atoms with Gasteiger partial charge >= 0.3 is 0 Å². The van der Waals surface area contributed by atoms with Crippen molar-refractivity contribution in [3.63, 3.8) is 0 Å². The van der Waals surface area contributed by atoms with E-state index in [2.05, 4.69) is 5.32 Å². The molecular formula is C15H27NO. The van der Waals surface area contributed by atoms with Gasteiger partial charge in [-0.3, -0.25) is 0 Å². The van der Waals surface area contributed by atoms with Crippen molar-refractivity contribution in [1.29, 1.82) is 0 Å². The molecule has 0 aromatic rings. The molecule has 17 heavy (non-hydrogen) atoms. The Kier molecular flexibility index (Phi) is 3.45. The molecule has 2 N–H and O–H groups in total. The molecule has 2 atom stereocenters. The Bertz CT molecular complexity index is 258. The van der Waals surface area contributed by atoms with Gasteiger partial charge in [-0.2, -0.15) is 0 Å². The first-order valence-corrected chi connectivity index (χ1v) is 7.66. The van der Waals surface area contributed by atoms with E-state index >= 15 is 0 Å². The molecule has 3 fully saturated rings. The third-order valence-corrected chi connectivity index (χ3v) is 5.37. The summed E-state index contributed by atoms with van der Waals surface area (Å²) in [5, 5.41) is 12.9. The van der Waals surface area contributed by atoms with Gasteiger partial charge in [0.2, 0.25) is 0 Å². The van der Waals surface area contributed by atoms with Crippen LogP contribution in [-0.2, 0) is 0 Å². The normalized spacial score (nSPS) is 35.8. The van der Waals surface area contributed by atoms with Gasteiger partial charge in [0.1, 0.15) is 0 Å². The highest BCUT2D eigenvalue weighted by Gasteiger charge is 2.42. The van der Waals surface area contributed by atoms with E-state index in [1.165, 1.54) is 51.4 Å². The van der Waals surface area contributed by atoms with Crippen molar-refractivity contribution in [2.45, 2.75) is 63.8 Å². The molecule has 98 valence electrons. The maximum absolute atomic E-state index is 9.07. The molecule has 0 bridgehead atoms. The number of aliphatic hydroxyl groups is 1. The predicted octanol–water partition coefficient (Wildman–Crippen LogP) is 2.71. The molecule has 0 saturated heterocycles. The van der Waals surface area contributed by atoms with Crippen LogP contribution in [0.3, 0.4) is 0 Å². The van der Waals surface area contributed by atoms with Crippen molar-refractivity contribution in [2.75, 3.05) is 13.2 Å². The number of hydrogen-bond donors (Lipinski definition) is 2. The molecule has 3 aliphatic carbocycles. The molecule has 0 spiro atoms. The van der Waals surface area contributed by atoms with Crippen molar-refractivity contribution < 1.29 is 5.11 Å². The molecule has 0 aromatic carbocycles. The van der Waals surface area contributed by atoms with Crippen LogP contribution in [0.2, 0.25) is 0 Å². The highest BCUT2D eigenvalue weighted by atomic mass is 16.3. The van der Waals surface area contributed by atoms with E-state index in [0.717, 1.165) is 30.8 Å². The van der Waals surface area contributed by atoms with Gasteiger partial charge in [0.25, 0.3) is 0 Å². The average Bonchev–Trinajstić information content (AvgIpc) is 3.23. The summed E-state index contributed by atoms with van der Waals surface area (Å²) in [6, 6.07) is 0.783. The minimum atomic E-state index is 0.372. The summed E-state index contributed by atoms with van der Waals surface area (Å²) in [5.41, 5.74) is 0.487. The monoisotopic (exact) mass is 237 g/mol. The summed E-state index contributed by atoms with van der Waals surface area (Å²) in [4.78, 5) is 0. The van der Waals surface area contributed by atoms with Crippen LogP contribution >= 0.6 is 0 Å². The highest BCUT2D eigenvalue weighted by molar-refractivity contribution is 4.96. The Morgan fingerprint density at radius 1 is 1.06 bits per heavy atom. The van der Waals surface area contributed by atoms with Crippen LogP contribution in [0.5, 0.6) is 0 Å². The van der Waals surface area contributed by atoms with Gasteiger partial charge in [-0.1, -0.05) is 12.8 Å². The van der Waals surface area contributed by atoms with Crippen LogP contribution in [-0.4, -0.2) is 24.3 Å². The quantitative estimate of drug-likeness (QED) is 0.744. The lowest BCUT2D eigenvalue weighted by Gasteiger charge is -2.31. The second kappa shape index (κ2) is 4.89. The molecule has 0 aliphatic heterocycles. The van der Waals surface area contributed by atoms with Gasteiger partial charge in [-0.05, 0) is 62.2 Å². The van der Waals surface area contributed by atoms with Crippen LogP contribution < -0.4 is 5.32 Å². The zero-order valence-electron chi connectivity index (χ0n) is 11.0. The molecular weight excluding hydrogens is 210 g/mol. The molecule has 0 heterocycles. The van der Waals surface area contributed by atoms with Crippen LogP contribution in [0, 0.1) is 17.3 Å². The van der Waals surface area contributed by atoms with Crippen LogP contribution in [0.4, 0.5) is 0 Å². The first-order chi connectivity index (χ1) is 8.31. The maximum atomic E-state index is 9.07. The number of rotatable bonds is 6. The standard InChI is InChI=1S/C15H27NO/c17-9-8-15(6-7-15)11-16-14-3-1-2-13(10-14)12-4-5-12/h12-14,16-17H,1-11H2. The van der Waals surface area contributed by atoms with Crippen LogP contribution in [0.25, 0.3) is 0 Å². The summed E-state index contributed by atoms with van der Waals surface area (Å²) in [7, 11) is 0. The lowest BCUT2D eigenvalue weighted by molar-refractivity contribution is 0.222. The fourth-order valence-electron chi connectivity index (χ4n) is 3.70. The van der Waals surface area contributed by atoms with E-state index in [-0.39, 0.29) is 0 Å². The molecule has 2 nitrogen and oxygen atoms in total. The largest absolute Gasteiger partial charge is 0.396 e. The van der Waals surface area contributed by atoms with Gasteiger partial charge in [0.05, 0.1) is 0 Å². The Morgan fingerprint density at radius 3 is 2.53 bits per heavy atom. The molecule has 2 heteroatoms. The van der Waals surface area contributed by atoms with Crippen molar-refractivity contribution in [3.8, 4) is 0 Å². The molecule has 2 unspecified atom stereocenters. The second-order valence-electron chi connectivity index (χ2n) is 6.82. The topological polar surface area (TPSA) is 32.3 Å². The molecule has 3 saturated carbocycles. The maximum Gasteiger partial charge on any atom is 0.0436 e. The van der Waals surface area contributed by atoms with Gasteiger partial charge in [-0.15, -0.1) is 0 Å². The van der Waals surface area contributed by atoms with Crippen LogP contribution in [0.1, 0.15) is 57.8 Å². The molecule has 0 radical (unpaired) electrons. The van der Waals surface area contributed by atoms with Crippen molar-refractivity contribution in [2.24, 2.45) is 17.3 Å². The summed E-state index contributed by atoms with van der Waals surface area (Å²) < 4.78 is 0. The van der Waals surface area contributed by atoms with Gasteiger partial charge in [-0.25, -0.2) is 0 Å². The molecule has 0 amide bonds. The van der Waals surface area contributed by atoms with Gasteiger partial charge in [0, 0.05) is 19.2 Å². The zero-order chi connectivity index (χ0) is 11.7. The van der Waals surface area contributed by atoms with Crippen molar-refractivity contribution in [1.82, 2.24) is 5.32 Å². The number of aliphatic hydroxyl groups excluding tert-OH is 1.